The first kappa shape index (κ1) is 24.2. The van der Waals surface area contributed by atoms with Crippen LogP contribution in [0.2, 0.25) is 0 Å². The number of piperazine rings is 1. The van der Waals surface area contributed by atoms with E-state index in [9.17, 15) is 9.18 Å². The molecule has 3 heterocycles. The number of nitrogens with one attached hydrogen (secondary N) is 1. The molecule has 8 heteroatoms. The predicted octanol–water partition coefficient (Wildman–Crippen LogP) is 2.78. The summed E-state index contributed by atoms with van der Waals surface area (Å²) in [6.07, 6.45) is 4.07. The number of amides is 1. The Labute approximate surface area is 185 Å². The van der Waals surface area contributed by atoms with Crippen LogP contribution < -0.4 is 10.2 Å². The van der Waals surface area contributed by atoms with Crippen LogP contribution in [0.1, 0.15) is 25.7 Å². The van der Waals surface area contributed by atoms with Crippen LogP contribution in [-0.2, 0) is 4.79 Å². The average molecular weight is 447 g/mol. The molecular formula is C21H33Cl2FN4O. The number of hydrogen-bond acceptors (Lipinski definition) is 4. The SMILES string of the molecule is CN1C(=O)C2(CCNCC2)CC1CCN1CCN(c2ccc(F)cc2)CC1.Cl.Cl. The van der Waals surface area contributed by atoms with Crippen LogP contribution in [0.15, 0.2) is 24.3 Å². The molecule has 0 aliphatic carbocycles. The zero-order valence-corrected chi connectivity index (χ0v) is 18.7. The van der Waals surface area contributed by atoms with Gasteiger partial charge in [0.2, 0.25) is 5.91 Å². The van der Waals surface area contributed by atoms with Crippen LogP contribution in [0.3, 0.4) is 0 Å². The summed E-state index contributed by atoms with van der Waals surface area (Å²) >= 11 is 0. The second-order valence-electron chi connectivity index (χ2n) is 8.40. The van der Waals surface area contributed by atoms with E-state index in [1.165, 1.54) is 12.1 Å². The van der Waals surface area contributed by atoms with Crippen molar-refractivity contribution in [3.8, 4) is 0 Å². The fourth-order valence-corrected chi connectivity index (χ4v) is 5.05. The van der Waals surface area contributed by atoms with Crippen LogP contribution in [0.4, 0.5) is 10.1 Å². The Hall–Kier alpha value is -1.08. The van der Waals surface area contributed by atoms with E-state index in [-0.39, 0.29) is 36.0 Å². The number of halogens is 3. The highest BCUT2D eigenvalue weighted by atomic mass is 35.5. The number of carbonyl (C=O) groups is 1. The van der Waals surface area contributed by atoms with E-state index in [1.807, 2.05) is 24.1 Å². The molecule has 3 aliphatic rings. The standard InChI is InChI=1S/C21H31FN4O.2ClH/c1-24-19(16-21(20(24)27)7-9-23-10-8-21)6-11-25-12-14-26(15-13-25)18-4-2-17(22)3-5-18;;/h2-5,19,23H,6-16H2,1H3;2*1H. The molecular weight excluding hydrogens is 414 g/mol. The number of nitrogens with zero attached hydrogens (tertiary/aromatic N) is 3. The number of rotatable bonds is 4. The fraction of sp³-hybridized carbons (Fsp3) is 0.667. The Bertz CT molecular complexity index is 661. The van der Waals surface area contributed by atoms with E-state index in [1.54, 1.807) is 0 Å². The highest BCUT2D eigenvalue weighted by Crippen LogP contribution is 2.43. The Morgan fingerprint density at radius 1 is 1.07 bits per heavy atom. The lowest BCUT2D eigenvalue weighted by Gasteiger charge is -2.36. The van der Waals surface area contributed by atoms with Crippen LogP contribution in [-0.4, -0.2) is 74.6 Å². The summed E-state index contributed by atoms with van der Waals surface area (Å²) in [7, 11) is 2.00. The predicted molar refractivity (Wildman–Crippen MR) is 120 cm³/mol. The number of carbonyl (C=O) groups excluding carboxylic acids is 1. The van der Waals surface area contributed by atoms with Crippen molar-refractivity contribution in [1.29, 1.82) is 0 Å². The van der Waals surface area contributed by atoms with Crippen LogP contribution in [0.25, 0.3) is 0 Å². The van der Waals surface area contributed by atoms with Crippen molar-refractivity contribution in [1.82, 2.24) is 15.1 Å². The monoisotopic (exact) mass is 446 g/mol. The summed E-state index contributed by atoms with van der Waals surface area (Å²) in [6.45, 7) is 6.98. The summed E-state index contributed by atoms with van der Waals surface area (Å²) in [4.78, 5) is 19.7. The molecule has 0 radical (unpaired) electrons. The Balaban J connectivity index is 0.00000150. The first-order chi connectivity index (χ1) is 13.1. The van der Waals surface area contributed by atoms with Crippen molar-refractivity contribution in [3.05, 3.63) is 30.1 Å². The number of hydrogen-bond donors (Lipinski definition) is 1. The summed E-state index contributed by atoms with van der Waals surface area (Å²) in [5.74, 6) is 0.189. The fourth-order valence-electron chi connectivity index (χ4n) is 5.05. The van der Waals surface area contributed by atoms with Gasteiger partial charge >= 0.3 is 0 Å². The molecule has 4 rings (SSSR count). The molecule has 1 N–H and O–H groups in total. The Morgan fingerprint density at radius 3 is 2.31 bits per heavy atom. The summed E-state index contributed by atoms with van der Waals surface area (Å²) < 4.78 is 13.1. The smallest absolute Gasteiger partial charge is 0.228 e. The molecule has 5 nitrogen and oxygen atoms in total. The van der Waals surface area contributed by atoms with Gasteiger partial charge < -0.3 is 15.1 Å². The Kier molecular flexibility index (Phi) is 8.59. The maximum atomic E-state index is 13.1. The molecule has 164 valence electrons. The molecule has 1 aromatic carbocycles. The molecule has 1 amide bonds. The van der Waals surface area contributed by atoms with Crippen LogP contribution >= 0.6 is 24.8 Å². The van der Waals surface area contributed by atoms with Gasteiger partial charge in [-0.3, -0.25) is 9.69 Å². The number of benzene rings is 1. The first-order valence-electron chi connectivity index (χ1n) is 10.3. The maximum absolute atomic E-state index is 13.1. The van der Waals surface area contributed by atoms with Gasteiger partial charge in [-0.15, -0.1) is 24.8 Å². The minimum Gasteiger partial charge on any atom is -0.369 e. The van der Waals surface area contributed by atoms with Gasteiger partial charge in [-0.2, -0.15) is 0 Å². The van der Waals surface area contributed by atoms with Gasteiger partial charge in [0.25, 0.3) is 0 Å². The summed E-state index contributed by atoms with van der Waals surface area (Å²) in [6, 6.07) is 7.17. The van der Waals surface area contributed by atoms with Crippen molar-refractivity contribution >= 4 is 36.4 Å². The molecule has 3 aliphatic heterocycles. The van der Waals surface area contributed by atoms with Crippen LogP contribution in [0.5, 0.6) is 0 Å². The third-order valence-corrected chi connectivity index (χ3v) is 6.85. The molecule has 1 atom stereocenters. The summed E-state index contributed by atoms with van der Waals surface area (Å²) in [5.41, 5.74) is 1.01. The van der Waals surface area contributed by atoms with Crippen molar-refractivity contribution in [3.63, 3.8) is 0 Å². The zero-order chi connectivity index (χ0) is 18.9. The molecule has 3 saturated heterocycles. The van der Waals surface area contributed by atoms with E-state index < -0.39 is 0 Å². The van der Waals surface area contributed by atoms with Gasteiger partial charge in [-0.25, -0.2) is 4.39 Å². The minimum absolute atomic E-state index is 0. The van der Waals surface area contributed by atoms with Gasteiger partial charge in [0.05, 0.1) is 5.41 Å². The van der Waals surface area contributed by atoms with Crippen molar-refractivity contribution in [2.75, 3.05) is 57.8 Å². The number of piperidine rings is 1. The lowest BCUT2D eigenvalue weighted by molar-refractivity contribution is -0.136. The topological polar surface area (TPSA) is 38.8 Å². The van der Waals surface area contributed by atoms with E-state index in [0.29, 0.717) is 11.9 Å². The van der Waals surface area contributed by atoms with E-state index in [0.717, 1.165) is 77.2 Å². The number of likely N-dealkylation sites (tertiary alicyclic amines) is 1. The normalized spacial score (nSPS) is 24.3. The summed E-state index contributed by atoms with van der Waals surface area (Å²) in [5, 5.41) is 3.39. The average Bonchev–Trinajstić information content (AvgIpc) is 2.93. The van der Waals surface area contributed by atoms with Crippen molar-refractivity contribution < 1.29 is 9.18 Å². The van der Waals surface area contributed by atoms with E-state index in [4.69, 9.17) is 0 Å². The second-order valence-corrected chi connectivity index (χ2v) is 8.40. The highest BCUT2D eigenvalue weighted by Gasteiger charge is 2.49. The first-order valence-corrected chi connectivity index (χ1v) is 10.3. The minimum atomic E-state index is -0.181. The van der Waals surface area contributed by atoms with Gasteiger partial charge in [0.15, 0.2) is 0 Å². The van der Waals surface area contributed by atoms with Gasteiger partial charge in [-0.05, 0) is 63.0 Å². The van der Waals surface area contributed by atoms with Gasteiger partial charge in [0, 0.05) is 51.5 Å². The molecule has 0 bridgehead atoms. The van der Waals surface area contributed by atoms with Gasteiger partial charge in [0.1, 0.15) is 5.82 Å². The molecule has 0 aromatic heterocycles. The molecule has 0 saturated carbocycles. The quantitative estimate of drug-likeness (QED) is 0.771. The molecule has 1 aromatic rings. The Morgan fingerprint density at radius 2 is 1.69 bits per heavy atom. The molecule has 29 heavy (non-hydrogen) atoms. The largest absolute Gasteiger partial charge is 0.369 e. The van der Waals surface area contributed by atoms with E-state index in [2.05, 4.69) is 15.1 Å². The van der Waals surface area contributed by atoms with E-state index >= 15 is 0 Å². The zero-order valence-electron chi connectivity index (χ0n) is 17.1. The van der Waals surface area contributed by atoms with Crippen molar-refractivity contribution in [2.24, 2.45) is 5.41 Å². The molecule has 1 spiro atoms. The second kappa shape index (κ2) is 10.3. The lowest BCUT2D eigenvalue weighted by atomic mass is 9.76. The van der Waals surface area contributed by atoms with Gasteiger partial charge in [-0.1, -0.05) is 0 Å². The third kappa shape index (κ3) is 5.16. The third-order valence-electron chi connectivity index (χ3n) is 6.85. The molecule has 1 unspecified atom stereocenters. The molecule has 3 fully saturated rings. The maximum Gasteiger partial charge on any atom is 0.228 e. The van der Waals surface area contributed by atoms with Crippen LogP contribution in [0, 0.1) is 11.2 Å². The number of anilines is 1. The highest BCUT2D eigenvalue weighted by molar-refractivity contribution is 5.86. The lowest BCUT2D eigenvalue weighted by Crippen LogP contribution is -2.47. The van der Waals surface area contributed by atoms with Crippen molar-refractivity contribution in [2.45, 2.75) is 31.7 Å².